The molecule has 0 saturated carbocycles. The minimum atomic E-state index is -0.723. The van der Waals surface area contributed by atoms with E-state index in [1.807, 2.05) is 0 Å². The van der Waals surface area contributed by atoms with E-state index in [2.05, 4.69) is 5.32 Å². The predicted octanol–water partition coefficient (Wildman–Crippen LogP) is 0.736. The van der Waals surface area contributed by atoms with Gasteiger partial charge in [0, 0.05) is 33.3 Å². The number of ether oxygens (including phenoxy) is 1. The molecule has 0 radical (unpaired) electrons. The second-order valence-electron chi connectivity index (χ2n) is 5.86. The monoisotopic (exact) mass is 334 g/mol. The molecule has 3 rings (SSSR count). The van der Waals surface area contributed by atoms with Gasteiger partial charge in [-0.25, -0.2) is 0 Å². The molecule has 0 spiro atoms. The molecular weight excluding hydrogens is 316 g/mol. The smallest absolute Gasteiger partial charge is 0.316 e. The summed E-state index contributed by atoms with van der Waals surface area (Å²) < 4.78 is 7.85. The van der Waals surface area contributed by atoms with E-state index < -0.39 is 16.0 Å². The average molecular weight is 334 g/mol. The Hall–Kier alpha value is -2.68. The van der Waals surface area contributed by atoms with Gasteiger partial charge < -0.3 is 19.2 Å². The predicted molar refractivity (Wildman–Crippen MR) is 88.5 cm³/mol. The Morgan fingerprint density at radius 3 is 2.42 bits per heavy atom. The van der Waals surface area contributed by atoms with Crippen molar-refractivity contribution in [2.24, 2.45) is 14.1 Å². The Labute approximate surface area is 136 Å². The maximum absolute atomic E-state index is 12.0. The summed E-state index contributed by atoms with van der Waals surface area (Å²) >= 11 is 0. The quantitative estimate of drug-likeness (QED) is 0.502. The maximum atomic E-state index is 12.0. The highest BCUT2D eigenvalue weighted by atomic mass is 16.6. The molecule has 9 heteroatoms. The SMILES string of the molecule is Cn1c(=O)c(=O)n(C)c2cc([N+](=O)[O-])c(NCC3CCCO3)cc21. The van der Waals surface area contributed by atoms with E-state index in [0.717, 1.165) is 17.4 Å². The van der Waals surface area contributed by atoms with E-state index in [1.165, 1.54) is 30.8 Å². The summed E-state index contributed by atoms with van der Waals surface area (Å²) in [6.45, 7) is 1.15. The molecule has 128 valence electrons. The molecule has 24 heavy (non-hydrogen) atoms. The van der Waals surface area contributed by atoms with Crippen LogP contribution in [0.3, 0.4) is 0 Å². The highest BCUT2D eigenvalue weighted by molar-refractivity contribution is 5.85. The normalized spacial score (nSPS) is 17.3. The summed E-state index contributed by atoms with van der Waals surface area (Å²) in [7, 11) is 2.90. The Balaban J connectivity index is 2.13. The first-order valence-electron chi connectivity index (χ1n) is 7.63. The van der Waals surface area contributed by atoms with Gasteiger partial charge in [0.2, 0.25) is 0 Å². The Kier molecular flexibility index (Phi) is 4.10. The molecule has 1 saturated heterocycles. The number of nitro groups is 1. The van der Waals surface area contributed by atoms with Crippen LogP contribution in [0.4, 0.5) is 11.4 Å². The van der Waals surface area contributed by atoms with Crippen LogP contribution in [-0.2, 0) is 18.8 Å². The summed E-state index contributed by atoms with van der Waals surface area (Å²) in [4.78, 5) is 34.7. The molecule has 1 atom stereocenters. The van der Waals surface area contributed by atoms with Gasteiger partial charge >= 0.3 is 11.1 Å². The second-order valence-corrected chi connectivity index (χ2v) is 5.86. The van der Waals surface area contributed by atoms with Gasteiger partial charge in [-0.2, -0.15) is 0 Å². The molecule has 0 bridgehead atoms. The van der Waals surface area contributed by atoms with Gasteiger partial charge in [0.25, 0.3) is 5.69 Å². The van der Waals surface area contributed by atoms with E-state index in [1.54, 1.807) is 0 Å². The van der Waals surface area contributed by atoms with Gasteiger partial charge in [0.1, 0.15) is 5.69 Å². The van der Waals surface area contributed by atoms with Crippen LogP contribution in [0, 0.1) is 10.1 Å². The lowest BCUT2D eigenvalue weighted by atomic mass is 10.2. The fourth-order valence-corrected chi connectivity index (χ4v) is 2.93. The van der Waals surface area contributed by atoms with Crippen molar-refractivity contribution in [3.63, 3.8) is 0 Å². The molecule has 1 fully saturated rings. The van der Waals surface area contributed by atoms with Crippen LogP contribution >= 0.6 is 0 Å². The zero-order valence-corrected chi connectivity index (χ0v) is 13.4. The van der Waals surface area contributed by atoms with Gasteiger partial charge in [-0.1, -0.05) is 0 Å². The number of benzene rings is 1. The molecular formula is C15H18N4O5. The third-order valence-electron chi connectivity index (χ3n) is 4.35. The largest absolute Gasteiger partial charge is 0.377 e. The molecule has 1 aromatic carbocycles. The van der Waals surface area contributed by atoms with E-state index in [0.29, 0.717) is 29.9 Å². The summed E-state index contributed by atoms with van der Waals surface area (Å²) in [6, 6.07) is 2.84. The van der Waals surface area contributed by atoms with Crippen molar-refractivity contribution in [3.05, 3.63) is 43.0 Å². The fourth-order valence-electron chi connectivity index (χ4n) is 2.93. The third kappa shape index (κ3) is 2.67. The Morgan fingerprint density at radius 1 is 1.25 bits per heavy atom. The molecule has 1 aliphatic heterocycles. The van der Waals surface area contributed by atoms with E-state index in [9.17, 15) is 19.7 Å². The van der Waals surface area contributed by atoms with Crippen molar-refractivity contribution < 1.29 is 9.66 Å². The summed E-state index contributed by atoms with van der Waals surface area (Å²) in [5.74, 6) is 0. The average Bonchev–Trinajstić information content (AvgIpc) is 3.08. The minimum Gasteiger partial charge on any atom is -0.377 e. The highest BCUT2D eigenvalue weighted by Gasteiger charge is 2.21. The number of fused-ring (bicyclic) bond motifs is 1. The zero-order valence-electron chi connectivity index (χ0n) is 13.4. The number of nitrogens with one attached hydrogen (secondary N) is 1. The second kappa shape index (κ2) is 6.08. The van der Waals surface area contributed by atoms with E-state index >= 15 is 0 Å². The maximum Gasteiger partial charge on any atom is 0.316 e. The molecule has 0 aliphatic carbocycles. The van der Waals surface area contributed by atoms with Gasteiger partial charge in [-0.15, -0.1) is 0 Å². The minimum absolute atomic E-state index is 0.0178. The van der Waals surface area contributed by atoms with Crippen molar-refractivity contribution in [2.45, 2.75) is 18.9 Å². The molecule has 0 amide bonds. The van der Waals surface area contributed by atoms with Crippen LogP contribution in [0.15, 0.2) is 21.7 Å². The van der Waals surface area contributed by atoms with Crippen molar-refractivity contribution in [2.75, 3.05) is 18.5 Å². The van der Waals surface area contributed by atoms with E-state index in [-0.39, 0.29) is 11.8 Å². The number of nitro benzene ring substituents is 1. The van der Waals surface area contributed by atoms with Gasteiger partial charge in [-0.3, -0.25) is 19.7 Å². The van der Waals surface area contributed by atoms with Crippen LogP contribution in [0.25, 0.3) is 11.0 Å². The molecule has 2 aromatic rings. The van der Waals surface area contributed by atoms with Crippen LogP contribution in [0.5, 0.6) is 0 Å². The third-order valence-corrected chi connectivity index (χ3v) is 4.35. The van der Waals surface area contributed by atoms with Crippen LogP contribution in [-0.4, -0.2) is 33.3 Å². The fraction of sp³-hybridized carbons (Fsp3) is 0.467. The molecule has 2 heterocycles. The lowest BCUT2D eigenvalue weighted by Crippen LogP contribution is -2.39. The van der Waals surface area contributed by atoms with Gasteiger partial charge in [0.05, 0.1) is 22.1 Å². The lowest BCUT2D eigenvalue weighted by Gasteiger charge is -2.14. The number of aryl methyl sites for hydroxylation is 2. The number of nitrogens with zero attached hydrogens (tertiary/aromatic N) is 3. The van der Waals surface area contributed by atoms with Crippen LogP contribution < -0.4 is 16.4 Å². The number of rotatable bonds is 4. The number of hydrogen-bond acceptors (Lipinski definition) is 6. The van der Waals surface area contributed by atoms with Crippen molar-refractivity contribution >= 4 is 22.4 Å². The first kappa shape index (κ1) is 16.2. The first-order valence-corrected chi connectivity index (χ1v) is 7.63. The lowest BCUT2D eigenvalue weighted by molar-refractivity contribution is -0.383. The summed E-state index contributed by atoms with van der Waals surface area (Å²) in [6.07, 6.45) is 1.90. The molecule has 1 aliphatic rings. The van der Waals surface area contributed by atoms with Crippen molar-refractivity contribution in [1.29, 1.82) is 0 Å². The topological polar surface area (TPSA) is 108 Å². The molecule has 1 aromatic heterocycles. The Bertz CT molecular complexity index is 924. The van der Waals surface area contributed by atoms with Crippen molar-refractivity contribution in [1.82, 2.24) is 9.13 Å². The number of anilines is 1. The summed E-state index contributed by atoms with van der Waals surface area (Å²) in [5.41, 5.74) is -0.465. The van der Waals surface area contributed by atoms with Crippen LogP contribution in [0.2, 0.25) is 0 Å². The zero-order chi connectivity index (χ0) is 17.4. The van der Waals surface area contributed by atoms with E-state index in [4.69, 9.17) is 4.74 Å². The van der Waals surface area contributed by atoms with Crippen LogP contribution in [0.1, 0.15) is 12.8 Å². The highest BCUT2D eigenvalue weighted by Crippen LogP contribution is 2.29. The molecule has 1 unspecified atom stereocenters. The van der Waals surface area contributed by atoms with Crippen molar-refractivity contribution in [3.8, 4) is 0 Å². The number of hydrogen-bond donors (Lipinski definition) is 1. The van der Waals surface area contributed by atoms with Gasteiger partial charge in [0.15, 0.2) is 0 Å². The number of aromatic nitrogens is 2. The first-order chi connectivity index (χ1) is 11.4. The molecule has 1 N–H and O–H groups in total. The standard InChI is InChI=1S/C15H18N4O5/c1-17-12-6-10(16-8-9-4-3-5-24-9)11(19(22)23)7-13(12)18(2)15(21)14(17)20/h6-7,9,16H,3-5,8H2,1-2H3. The Morgan fingerprint density at radius 2 is 1.88 bits per heavy atom. The molecule has 9 nitrogen and oxygen atoms in total. The summed E-state index contributed by atoms with van der Waals surface area (Å²) in [5, 5.41) is 14.4. The van der Waals surface area contributed by atoms with Gasteiger partial charge in [-0.05, 0) is 18.9 Å².